The lowest BCUT2D eigenvalue weighted by Crippen LogP contribution is -2.27. The number of fused-ring (bicyclic) bond motifs is 1. The zero-order chi connectivity index (χ0) is 18.2. The summed E-state index contributed by atoms with van der Waals surface area (Å²) in [5, 5.41) is 11.4. The summed E-state index contributed by atoms with van der Waals surface area (Å²) in [6.45, 7) is 6.32. The van der Waals surface area contributed by atoms with Crippen molar-refractivity contribution in [2.24, 2.45) is 5.41 Å². The highest BCUT2D eigenvalue weighted by molar-refractivity contribution is 6.30. The first-order valence-electron chi connectivity index (χ1n) is 8.34. The molecule has 0 unspecified atom stereocenters. The van der Waals surface area contributed by atoms with E-state index in [0.29, 0.717) is 18.0 Å². The van der Waals surface area contributed by atoms with Crippen molar-refractivity contribution in [3.8, 4) is 0 Å². The van der Waals surface area contributed by atoms with Crippen LogP contribution in [0, 0.1) is 12.3 Å². The Balaban J connectivity index is 2.12. The van der Waals surface area contributed by atoms with Crippen molar-refractivity contribution >= 4 is 28.5 Å². The normalized spacial score (nSPS) is 11.8. The number of carbonyl (C=O) groups is 1. The zero-order valence-electron chi connectivity index (χ0n) is 14.7. The van der Waals surface area contributed by atoms with Gasteiger partial charge >= 0.3 is 5.97 Å². The molecule has 0 saturated heterocycles. The molecule has 0 aliphatic carbocycles. The van der Waals surface area contributed by atoms with Crippen molar-refractivity contribution in [2.45, 2.75) is 33.7 Å². The predicted molar refractivity (Wildman–Crippen MR) is 102 cm³/mol. The Hall–Kier alpha value is -2.26. The van der Waals surface area contributed by atoms with Crippen molar-refractivity contribution in [3.05, 3.63) is 70.4 Å². The van der Waals surface area contributed by atoms with Gasteiger partial charge in [0.1, 0.15) is 0 Å². The number of benzene rings is 2. The highest BCUT2D eigenvalue weighted by atomic mass is 35.5. The number of aromatic nitrogens is 1. The Kier molecular flexibility index (Phi) is 4.61. The summed E-state index contributed by atoms with van der Waals surface area (Å²) in [4.78, 5) is 11.6. The molecule has 0 aliphatic rings. The Labute approximate surface area is 152 Å². The second-order valence-corrected chi connectivity index (χ2v) is 7.60. The number of halogens is 1. The largest absolute Gasteiger partial charge is 0.481 e. The monoisotopic (exact) mass is 356 g/mol. The van der Waals surface area contributed by atoms with Crippen LogP contribution >= 0.6 is 11.6 Å². The van der Waals surface area contributed by atoms with E-state index in [1.54, 1.807) is 13.8 Å². The number of nitrogens with zero attached hydrogens (tertiary/aromatic N) is 1. The number of carboxylic acids is 1. The van der Waals surface area contributed by atoms with E-state index in [4.69, 9.17) is 11.6 Å². The molecule has 25 heavy (non-hydrogen) atoms. The Morgan fingerprint density at radius 2 is 1.76 bits per heavy atom. The topological polar surface area (TPSA) is 42.2 Å². The fourth-order valence-corrected chi connectivity index (χ4v) is 3.33. The van der Waals surface area contributed by atoms with Gasteiger partial charge in [0.2, 0.25) is 0 Å². The van der Waals surface area contributed by atoms with Crippen LogP contribution in [0.1, 0.15) is 30.7 Å². The summed E-state index contributed by atoms with van der Waals surface area (Å²) in [6, 6.07) is 16.0. The molecule has 1 heterocycles. The summed E-state index contributed by atoms with van der Waals surface area (Å²) in [5.74, 6) is -0.782. The standard InChI is InChI=1S/C21H22ClNO2/c1-14-17-6-4-5-7-18(17)23(13-15-8-10-16(22)11-9-15)19(14)12-21(2,3)20(24)25/h4-11H,12-13H2,1-3H3,(H,24,25)/i23+1. The molecule has 4 heteroatoms. The minimum Gasteiger partial charge on any atom is -0.481 e. The van der Waals surface area contributed by atoms with Gasteiger partial charge in [-0.2, -0.15) is 0 Å². The molecule has 3 nitrogen and oxygen atoms in total. The maximum Gasteiger partial charge on any atom is 0.309 e. The summed E-state index contributed by atoms with van der Waals surface area (Å²) >= 11 is 5.99. The van der Waals surface area contributed by atoms with Gasteiger partial charge in [-0.1, -0.05) is 41.9 Å². The Morgan fingerprint density at radius 1 is 1.12 bits per heavy atom. The number of carboxylic acid groups (broad SMARTS) is 1. The molecule has 0 radical (unpaired) electrons. The van der Waals surface area contributed by atoms with Crippen LogP contribution in [0.15, 0.2) is 48.5 Å². The average Bonchev–Trinajstić information content (AvgIpc) is 2.82. The smallest absolute Gasteiger partial charge is 0.309 e. The first-order chi connectivity index (χ1) is 11.8. The predicted octanol–water partition coefficient (Wildman–Crippen LogP) is 5.30. The van der Waals surface area contributed by atoms with Gasteiger partial charge in [0.25, 0.3) is 0 Å². The van der Waals surface area contributed by atoms with Crippen LogP contribution in [0.25, 0.3) is 10.9 Å². The minimum absolute atomic E-state index is 0.483. The lowest BCUT2D eigenvalue weighted by atomic mass is 9.87. The highest BCUT2D eigenvalue weighted by Crippen LogP contribution is 2.32. The van der Waals surface area contributed by atoms with Crippen LogP contribution in [0.5, 0.6) is 0 Å². The van der Waals surface area contributed by atoms with Gasteiger partial charge in [-0.15, -0.1) is 0 Å². The van der Waals surface area contributed by atoms with E-state index in [1.807, 2.05) is 36.4 Å². The molecular formula is C21H22ClNO2. The molecule has 3 aromatic rings. The third kappa shape index (κ3) is 3.42. The summed E-state index contributed by atoms with van der Waals surface area (Å²) in [5.41, 5.74) is 3.67. The van der Waals surface area contributed by atoms with Crippen LogP contribution in [0.2, 0.25) is 5.02 Å². The third-order valence-electron chi connectivity index (χ3n) is 4.80. The van der Waals surface area contributed by atoms with E-state index in [2.05, 4.69) is 23.6 Å². The lowest BCUT2D eigenvalue weighted by molar-refractivity contribution is -0.146. The molecule has 0 atom stereocenters. The first-order valence-corrected chi connectivity index (χ1v) is 8.72. The van der Waals surface area contributed by atoms with Gasteiger partial charge in [-0.05, 0) is 50.1 Å². The van der Waals surface area contributed by atoms with Gasteiger partial charge in [0, 0.05) is 34.6 Å². The third-order valence-corrected chi connectivity index (χ3v) is 5.05. The number of aryl methyl sites for hydroxylation is 1. The highest BCUT2D eigenvalue weighted by Gasteiger charge is 2.30. The van der Waals surface area contributed by atoms with E-state index in [9.17, 15) is 9.90 Å². The number of aliphatic carboxylic acids is 1. The fourth-order valence-electron chi connectivity index (χ4n) is 3.20. The van der Waals surface area contributed by atoms with E-state index < -0.39 is 11.4 Å². The van der Waals surface area contributed by atoms with Crippen LogP contribution in [0.4, 0.5) is 0 Å². The SMILES string of the molecule is Cc1c(CC(C)(C)C(=O)O)[15n](Cc2ccc(Cl)cc2)c2ccccc12. The van der Waals surface area contributed by atoms with Crippen molar-refractivity contribution in [2.75, 3.05) is 0 Å². The first kappa shape index (κ1) is 17.6. The Morgan fingerprint density at radius 3 is 2.40 bits per heavy atom. The molecule has 2 aromatic carbocycles. The summed E-state index contributed by atoms with van der Waals surface area (Å²) in [7, 11) is 0. The molecular weight excluding hydrogens is 335 g/mol. The molecule has 0 aliphatic heterocycles. The molecule has 1 N–H and O–H groups in total. The van der Waals surface area contributed by atoms with E-state index in [-0.39, 0.29) is 0 Å². The molecule has 0 saturated carbocycles. The zero-order valence-corrected chi connectivity index (χ0v) is 15.5. The quantitative estimate of drug-likeness (QED) is 0.673. The van der Waals surface area contributed by atoms with Gasteiger partial charge < -0.3 is 9.67 Å². The molecule has 0 amide bonds. The number of hydrogen-bond donors (Lipinski definition) is 1. The van der Waals surface area contributed by atoms with Crippen molar-refractivity contribution < 1.29 is 9.90 Å². The summed E-state index contributed by atoms with van der Waals surface area (Å²) < 4.78 is 2.23. The second-order valence-electron chi connectivity index (χ2n) is 7.17. The Bertz CT molecular complexity index is 923. The molecule has 0 bridgehead atoms. The van der Waals surface area contributed by atoms with Crippen molar-refractivity contribution in [1.29, 1.82) is 0 Å². The fraction of sp³-hybridized carbons (Fsp3) is 0.286. The number of hydrogen-bond acceptors (Lipinski definition) is 1. The molecule has 3 rings (SSSR count). The lowest BCUT2D eigenvalue weighted by Gasteiger charge is -2.21. The van der Waals surface area contributed by atoms with Gasteiger partial charge in [0.05, 0.1) is 5.41 Å². The van der Waals surface area contributed by atoms with E-state index in [0.717, 1.165) is 22.3 Å². The van der Waals surface area contributed by atoms with Crippen LogP contribution in [-0.4, -0.2) is 15.6 Å². The minimum atomic E-state index is -0.823. The molecule has 1 aromatic heterocycles. The van der Waals surface area contributed by atoms with Crippen molar-refractivity contribution in [1.82, 2.24) is 4.57 Å². The van der Waals surface area contributed by atoms with E-state index in [1.165, 1.54) is 5.39 Å². The number of rotatable bonds is 5. The van der Waals surface area contributed by atoms with Gasteiger partial charge in [0.15, 0.2) is 0 Å². The van der Waals surface area contributed by atoms with Gasteiger partial charge in [-0.25, -0.2) is 0 Å². The van der Waals surface area contributed by atoms with Gasteiger partial charge in [-0.3, -0.25) is 4.79 Å². The second kappa shape index (κ2) is 6.57. The molecule has 0 spiro atoms. The summed E-state index contributed by atoms with van der Waals surface area (Å²) in [6.07, 6.45) is 0.483. The average molecular weight is 357 g/mol. The number of para-hydroxylation sites is 1. The molecule has 130 valence electrons. The molecule has 0 fully saturated rings. The maximum atomic E-state index is 11.6. The van der Waals surface area contributed by atoms with Crippen LogP contribution in [-0.2, 0) is 17.8 Å². The van der Waals surface area contributed by atoms with Crippen LogP contribution < -0.4 is 0 Å². The maximum absolute atomic E-state index is 11.6. The van der Waals surface area contributed by atoms with Crippen LogP contribution in [0.3, 0.4) is 0 Å². The van der Waals surface area contributed by atoms with E-state index >= 15 is 0 Å². The van der Waals surface area contributed by atoms with Crippen molar-refractivity contribution in [3.63, 3.8) is 0 Å².